The molecule has 2 aliphatic rings. The molecule has 0 radical (unpaired) electrons. The molecule has 2 nitrogen and oxygen atoms in total. The van der Waals surface area contributed by atoms with Crippen LogP contribution < -0.4 is 4.90 Å². The summed E-state index contributed by atoms with van der Waals surface area (Å²) < 4.78 is 6.22. The van der Waals surface area contributed by atoms with Crippen LogP contribution >= 0.6 is 0 Å². The summed E-state index contributed by atoms with van der Waals surface area (Å²) in [7, 11) is 0. The van der Waals surface area contributed by atoms with Crippen molar-refractivity contribution in [3.8, 4) is 55.6 Å². The van der Waals surface area contributed by atoms with E-state index in [4.69, 9.17) is 4.42 Å². The van der Waals surface area contributed by atoms with Crippen molar-refractivity contribution in [3.63, 3.8) is 0 Å². The van der Waals surface area contributed by atoms with E-state index in [1.807, 2.05) is 12.1 Å². The first-order chi connectivity index (χ1) is 30.2. The minimum absolute atomic E-state index is 0.0847. The van der Waals surface area contributed by atoms with Gasteiger partial charge < -0.3 is 9.32 Å². The molecule has 0 saturated carbocycles. The third kappa shape index (κ3) is 5.56. The summed E-state index contributed by atoms with van der Waals surface area (Å²) in [6.45, 7) is 9.46. The number of furan rings is 1. The molecule has 2 heteroatoms. The van der Waals surface area contributed by atoms with Gasteiger partial charge in [-0.2, -0.15) is 0 Å². The van der Waals surface area contributed by atoms with Crippen molar-refractivity contribution < 1.29 is 4.42 Å². The molecule has 0 amide bonds. The lowest BCUT2D eigenvalue weighted by atomic mass is 9.81. The van der Waals surface area contributed by atoms with Gasteiger partial charge in [0.1, 0.15) is 11.2 Å². The quantitative estimate of drug-likeness (QED) is 0.167. The molecule has 1 heterocycles. The molecule has 0 aliphatic heterocycles. The molecular weight excluding hydrogens is 751 g/mol. The van der Waals surface area contributed by atoms with Crippen LogP contribution in [0.15, 0.2) is 205 Å². The molecule has 10 aromatic rings. The zero-order valence-electron chi connectivity index (χ0n) is 35.4. The van der Waals surface area contributed by atoms with Crippen molar-refractivity contribution in [2.24, 2.45) is 0 Å². The van der Waals surface area contributed by atoms with Crippen molar-refractivity contribution in [2.75, 3.05) is 4.90 Å². The zero-order chi connectivity index (χ0) is 41.7. The maximum Gasteiger partial charge on any atom is 0.135 e. The Balaban J connectivity index is 0.990. The summed E-state index contributed by atoms with van der Waals surface area (Å²) in [6, 6.07) is 73.7. The van der Waals surface area contributed by atoms with Gasteiger partial charge in [-0.25, -0.2) is 0 Å². The van der Waals surface area contributed by atoms with E-state index in [1.54, 1.807) is 0 Å². The SMILES string of the molecule is CC1(C)c2ccccc2-c2ccc(-c3cc(-c4ccc(N(c5ccccc5)c5ccc6oc7ccccc7c6c5)cc4)cc(-c4ccc5c(c4)C(C)(C)c4ccccc4-5)c3)cc21. The highest BCUT2D eigenvalue weighted by atomic mass is 16.3. The lowest BCUT2D eigenvalue weighted by Crippen LogP contribution is -2.15. The summed E-state index contributed by atoms with van der Waals surface area (Å²) in [5.74, 6) is 0. The van der Waals surface area contributed by atoms with Gasteiger partial charge >= 0.3 is 0 Å². The highest BCUT2D eigenvalue weighted by molar-refractivity contribution is 6.06. The maximum absolute atomic E-state index is 6.22. The monoisotopic (exact) mass is 795 g/mol. The van der Waals surface area contributed by atoms with E-state index in [-0.39, 0.29) is 10.8 Å². The van der Waals surface area contributed by atoms with E-state index in [9.17, 15) is 0 Å². The minimum Gasteiger partial charge on any atom is -0.456 e. The van der Waals surface area contributed by atoms with Crippen LogP contribution in [0.5, 0.6) is 0 Å². The van der Waals surface area contributed by atoms with Crippen molar-refractivity contribution in [2.45, 2.75) is 38.5 Å². The van der Waals surface area contributed by atoms with E-state index in [0.29, 0.717) is 0 Å². The zero-order valence-corrected chi connectivity index (χ0v) is 35.4. The van der Waals surface area contributed by atoms with Crippen LogP contribution in [0, 0.1) is 0 Å². The van der Waals surface area contributed by atoms with Crippen molar-refractivity contribution in [1.29, 1.82) is 0 Å². The Labute approximate surface area is 363 Å². The fourth-order valence-electron chi connectivity index (χ4n) is 10.6. The first-order valence-electron chi connectivity index (χ1n) is 21.7. The van der Waals surface area contributed by atoms with E-state index >= 15 is 0 Å². The van der Waals surface area contributed by atoms with E-state index in [1.165, 1.54) is 77.9 Å². The first-order valence-corrected chi connectivity index (χ1v) is 21.7. The van der Waals surface area contributed by atoms with E-state index in [2.05, 4.69) is 221 Å². The Kier molecular flexibility index (Phi) is 7.96. The lowest BCUT2D eigenvalue weighted by molar-refractivity contribution is 0.660. The molecule has 0 unspecified atom stereocenters. The van der Waals surface area contributed by atoms with E-state index < -0.39 is 0 Å². The second-order valence-corrected chi connectivity index (χ2v) is 18.2. The highest BCUT2D eigenvalue weighted by Gasteiger charge is 2.36. The van der Waals surface area contributed by atoms with Crippen LogP contribution in [0.25, 0.3) is 77.6 Å². The number of hydrogen-bond acceptors (Lipinski definition) is 2. The van der Waals surface area contributed by atoms with Crippen LogP contribution in [0.4, 0.5) is 17.1 Å². The third-order valence-corrected chi connectivity index (χ3v) is 13.9. The summed E-state index contributed by atoms with van der Waals surface area (Å²) in [6.07, 6.45) is 0. The molecule has 2 aliphatic carbocycles. The highest BCUT2D eigenvalue weighted by Crippen LogP contribution is 2.52. The van der Waals surface area contributed by atoms with Gasteiger partial charge in [-0.15, -0.1) is 0 Å². The summed E-state index contributed by atoms with van der Waals surface area (Å²) in [4.78, 5) is 2.33. The molecule has 0 fully saturated rings. The van der Waals surface area contributed by atoms with Crippen LogP contribution in [0.2, 0.25) is 0 Å². The van der Waals surface area contributed by atoms with Gasteiger partial charge in [0.2, 0.25) is 0 Å². The van der Waals surface area contributed by atoms with Gasteiger partial charge in [-0.05, 0) is 157 Å². The number of para-hydroxylation sites is 2. The molecule has 62 heavy (non-hydrogen) atoms. The summed E-state index contributed by atoms with van der Waals surface area (Å²) >= 11 is 0. The normalized spacial score (nSPS) is 14.1. The molecule has 0 spiro atoms. The van der Waals surface area contributed by atoms with Crippen LogP contribution in [0.3, 0.4) is 0 Å². The molecule has 1 aromatic heterocycles. The predicted molar refractivity (Wildman–Crippen MR) is 260 cm³/mol. The predicted octanol–water partition coefficient (Wildman–Crippen LogP) is 16.7. The van der Waals surface area contributed by atoms with Gasteiger partial charge in [0.25, 0.3) is 0 Å². The molecule has 0 atom stereocenters. The van der Waals surface area contributed by atoms with E-state index in [0.717, 1.165) is 39.0 Å². The van der Waals surface area contributed by atoms with Gasteiger partial charge in [0.15, 0.2) is 0 Å². The molecule has 9 aromatic carbocycles. The van der Waals surface area contributed by atoms with Gasteiger partial charge in [-0.1, -0.05) is 149 Å². The fraction of sp³-hybridized carbons (Fsp3) is 0.100. The molecule has 12 rings (SSSR count). The number of anilines is 3. The average Bonchev–Trinajstić information content (AvgIpc) is 3.88. The van der Waals surface area contributed by atoms with Crippen LogP contribution in [-0.2, 0) is 10.8 Å². The Morgan fingerprint density at radius 1 is 0.306 bits per heavy atom. The number of fused-ring (bicyclic) bond motifs is 9. The number of rotatable bonds is 6. The Hall–Kier alpha value is -7.42. The molecule has 0 bridgehead atoms. The number of benzene rings is 9. The molecular formula is C60H45NO. The number of nitrogens with zero attached hydrogens (tertiary/aromatic N) is 1. The first kappa shape index (κ1) is 36.4. The van der Waals surface area contributed by atoms with Gasteiger partial charge in [0, 0.05) is 38.7 Å². The molecule has 0 N–H and O–H groups in total. The topological polar surface area (TPSA) is 16.4 Å². The smallest absolute Gasteiger partial charge is 0.135 e. The second-order valence-electron chi connectivity index (χ2n) is 18.2. The van der Waals surface area contributed by atoms with Gasteiger partial charge in [0.05, 0.1) is 0 Å². The van der Waals surface area contributed by atoms with Crippen LogP contribution in [0.1, 0.15) is 49.9 Å². The molecule has 296 valence electrons. The second kappa shape index (κ2) is 13.5. The largest absolute Gasteiger partial charge is 0.456 e. The lowest BCUT2D eigenvalue weighted by Gasteiger charge is -2.26. The van der Waals surface area contributed by atoms with Crippen molar-refractivity contribution in [1.82, 2.24) is 0 Å². The van der Waals surface area contributed by atoms with Crippen LogP contribution in [-0.4, -0.2) is 0 Å². The standard InChI is InChI=1S/C60H45NO/c1-59(2)53-19-11-8-16-47(53)49-29-24-39(35-55(49)59)42-32-41(33-43(34-42)40-25-30-50-48-17-9-12-20-54(48)60(3,4)56(50)36-40)38-22-26-45(27-23-38)61(44-14-6-5-7-15-44)46-28-31-58-52(37-46)51-18-10-13-21-57(51)62-58/h5-37H,1-4H3. The summed E-state index contributed by atoms with van der Waals surface area (Å²) in [5.41, 5.74) is 23.1. The number of hydrogen-bond donors (Lipinski definition) is 0. The average molecular weight is 796 g/mol. The Bertz CT molecular complexity index is 3280. The maximum atomic E-state index is 6.22. The fourth-order valence-corrected chi connectivity index (χ4v) is 10.6. The Morgan fingerprint density at radius 3 is 1.37 bits per heavy atom. The molecule has 0 saturated heterocycles. The Morgan fingerprint density at radius 2 is 0.758 bits per heavy atom. The van der Waals surface area contributed by atoms with Crippen molar-refractivity contribution >= 4 is 39.0 Å². The summed E-state index contributed by atoms with van der Waals surface area (Å²) in [5, 5.41) is 2.23. The minimum atomic E-state index is -0.0847. The van der Waals surface area contributed by atoms with Crippen molar-refractivity contribution in [3.05, 3.63) is 222 Å². The van der Waals surface area contributed by atoms with Gasteiger partial charge in [-0.3, -0.25) is 0 Å². The third-order valence-electron chi connectivity index (χ3n) is 13.9.